The van der Waals surface area contributed by atoms with Crippen molar-refractivity contribution in [2.45, 2.75) is 12.6 Å². The number of imidazole rings is 1. The number of aliphatic carboxylic acids is 1. The van der Waals surface area contributed by atoms with Crippen LogP contribution in [0.15, 0.2) is 48.5 Å². The average Bonchev–Trinajstić information content (AvgIpc) is 2.94. The molecule has 0 radical (unpaired) electrons. The molecule has 0 bridgehead atoms. The van der Waals surface area contributed by atoms with Gasteiger partial charge in [-0.3, -0.25) is 0 Å². The molecule has 0 amide bonds. The standard InChI is InChI=1S/C18H13F3N2O2/c19-18(20,21)13-6-7-14-15(10-13)23-16(22-14)9-12-3-1-11(2-4-12)5-8-17(24)25/h1-8,10H,9H2,(H,22,23)(H,24,25)/b8-5+. The summed E-state index contributed by atoms with van der Waals surface area (Å²) in [6, 6.07) is 10.6. The van der Waals surface area contributed by atoms with E-state index in [0.717, 1.165) is 29.3 Å². The molecule has 0 fully saturated rings. The molecule has 1 heterocycles. The first kappa shape index (κ1) is 16.8. The number of carbonyl (C=O) groups is 1. The van der Waals surface area contributed by atoms with Crippen LogP contribution in [0, 0.1) is 0 Å². The zero-order chi connectivity index (χ0) is 18.0. The van der Waals surface area contributed by atoms with E-state index in [1.54, 1.807) is 12.1 Å². The minimum atomic E-state index is -4.39. The van der Waals surface area contributed by atoms with Gasteiger partial charge in [0.2, 0.25) is 0 Å². The molecule has 0 aliphatic heterocycles. The van der Waals surface area contributed by atoms with Gasteiger partial charge >= 0.3 is 12.1 Å². The fourth-order valence-corrected chi connectivity index (χ4v) is 2.43. The van der Waals surface area contributed by atoms with Gasteiger partial charge in [0.1, 0.15) is 5.82 Å². The second-order valence-electron chi connectivity index (χ2n) is 5.50. The van der Waals surface area contributed by atoms with E-state index in [2.05, 4.69) is 9.97 Å². The Bertz CT molecular complexity index is 941. The molecular formula is C18H13F3N2O2. The van der Waals surface area contributed by atoms with Gasteiger partial charge in [0.25, 0.3) is 0 Å². The van der Waals surface area contributed by atoms with Crippen LogP contribution in [0.3, 0.4) is 0 Å². The van der Waals surface area contributed by atoms with Crippen molar-refractivity contribution in [1.82, 2.24) is 9.97 Å². The van der Waals surface area contributed by atoms with Gasteiger partial charge in [-0.05, 0) is 35.4 Å². The first-order valence-corrected chi connectivity index (χ1v) is 7.37. The van der Waals surface area contributed by atoms with Crippen LogP contribution >= 0.6 is 0 Å². The lowest BCUT2D eigenvalue weighted by Crippen LogP contribution is -2.04. The second kappa shape index (κ2) is 6.43. The van der Waals surface area contributed by atoms with E-state index in [0.29, 0.717) is 23.3 Å². The number of alkyl halides is 3. The molecule has 0 aliphatic carbocycles. The minimum Gasteiger partial charge on any atom is -0.478 e. The van der Waals surface area contributed by atoms with Crippen LogP contribution in [0.5, 0.6) is 0 Å². The summed E-state index contributed by atoms with van der Waals surface area (Å²) in [5.74, 6) is -0.465. The van der Waals surface area contributed by atoms with Gasteiger partial charge in [-0.15, -0.1) is 0 Å². The zero-order valence-electron chi connectivity index (χ0n) is 12.8. The Hall–Kier alpha value is -3.09. The highest BCUT2D eigenvalue weighted by Crippen LogP contribution is 2.31. The number of nitrogens with zero attached hydrogens (tertiary/aromatic N) is 1. The normalized spacial score (nSPS) is 12.1. The third kappa shape index (κ3) is 4.06. The maximum absolute atomic E-state index is 12.7. The number of aromatic amines is 1. The van der Waals surface area contributed by atoms with E-state index in [9.17, 15) is 18.0 Å². The average molecular weight is 346 g/mol. The van der Waals surface area contributed by atoms with Crippen LogP contribution in [0.2, 0.25) is 0 Å². The highest BCUT2D eigenvalue weighted by molar-refractivity contribution is 5.85. The van der Waals surface area contributed by atoms with Gasteiger partial charge in [-0.2, -0.15) is 13.2 Å². The molecule has 0 unspecified atom stereocenters. The number of benzene rings is 2. The molecule has 2 N–H and O–H groups in total. The van der Waals surface area contributed by atoms with E-state index >= 15 is 0 Å². The first-order valence-electron chi connectivity index (χ1n) is 7.37. The quantitative estimate of drug-likeness (QED) is 0.693. The Morgan fingerprint density at radius 2 is 1.88 bits per heavy atom. The summed E-state index contributed by atoms with van der Waals surface area (Å²) in [5, 5.41) is 8.59. The lowest BCUT2D eigenvalue weighted by molar-refractivity contribution is -0.137. The summed E-state index contributed by atoms with van der Waals surface area (Å²) in [6.45, 7) is 0. The molecule has 2 aromatic carbocycles. The number of H-pyrrole nitrogens is 1. The number of rotatable bonds is 4. The van der Waals surface area contributed by atoms with E-state index in [-0.39, 0.29) is 0 Å². The Labute approximate surface area is 140 Å². The number of nitrogens with one attached hydrogen (secondary N) is 1. The van der Waals surface area contributed by atoms with Gasteiger partial charge in [0.15, 0.2) is 0 Å². The molecule has 0 saturated carbocycles. The molecule has 3 rings (SSSR count). The topological polar surface area (TPSA) is 66.0 Å². The molecule has 25 heavy (non-hydrogen) atoms. The summed E-state index contributed by atoms with van der Waals surface area (Å²) in [4.78, 5) is 17.7. The maximum Gasteiger partial charge on any atom is 0.416 e. The number of fused-ring (bicyclic) bond motifs is 1. The van der Waals surface area contributed by atoms with Gasteiger partial charge in [-0.1, -0.05) is 24.3 Å². The van der Waals surface area contributed by atoms with E-state index in [1.807, 2.05) is 12.1 Å². The van der Waals surface area contributed by atoms with Crippen LogP contribution in [0.25, 0.3) is 17.1 Å². The SMILES string of the molecule is O=C(O)/C=C/c1ccc(Cc2nc3ccc(C(F)(F)F)cc3[nH]2)cc1. The van der Waals surface area contributed by atoms with Crippen molar-refractivity contribution in [3.05, 3.63) is 71.1 Å². The molecule has 1 aromatic heterocycles. The summed E-state index contributed by atoms with van der Waals surface area (Å²) in [5.41, 5.74) is 1.74. The number of carboxylic acid groups (broad SMARTS) is 1. The Morgan fingerprint density at radius 3 is 2.52 bits per heavy atom. The van der Waals surface area contributed by atoms with Crippen molar-refractivity contribution in [1.29, 1.82) is 0 Å². The summed E-state index contributed by atoms with van der Waals surface area (Å²) in [6.07, 6.45) is -1.43. The zero-order valence-corrected chi connectivity index (χ0v) is 12.8. The first-order chi connectivity index (χ1) is 11.8. The Morgan fingerprint density at radius 1 is 1.16 bits per heavy atom. The number of hydrogen-bond acceptors (Lipinski definition) is 2. The van der Waals surface area contributed by atoms with E-state index < -0.39 is 17.7 Å². The fraction of sp³-hybridized carbons (Fsp3) is 0.111. The van der Waals surface area contributed by atoms with Crippen LogP contribution < -0.4 is 0 Å². The second-order valence-corrected chi connectivity index (χ2v) is 5.50. The van der Waals surface area contributed by atoms with Crippen molar-refractivity contribution in [2.24, 2.45) is 0 Å². The van der Waals surface area contributed by atoms with Crippen molar-refractivity contribution in [3.63, 3.8) is 0 Å². The van der Waals surface area contributed by atoms with Crippen molar-refractivity contribution < 1.29 is 23.1 Å². The molecule has 0 saturated heterocycles. The lowest BCUT2D eigenvalue weighted by Gasteiger charge is -2.05. The predicted molar refractivity (Wildman–Crippen MR) is 87.0 cm³/mol. The van der Waals surface area contributed by atoms with Crippen molar-refractivity contribution in [2.75, 3.05) is 0 Å². The fourth-order valence-electron chi connectivity index (χ4n) is 2.43. The highest BCUT2D eigenvalue weighted by Gasteiger charge is 2.30. The number of halogens is 3. The maximum atomic E-state index is 12.7. The third-order valence-corrected chi connectivity index (χ3v) is 3.63. The lowest BCUT2D eigenvalue weighted by atomic mass is 10.1. The predicted octanol–water partition coefficient (Wildman–Crippen LogP) is 4.27. The molecule has 7 heteroatoms. The van der Waals surface area contributed by atoms with Gasteiger partial charge in [0.05, 0.1) is 16.6 Å². The van der Waals surface area contributed by atoms with Gasteiger partial charge in [-0.25, -0.2) is 9.78 Å². The summed E-state index contributed by atoms with van der Waals surface area (Å²) < 4.78 is 38.2. The van der Waals surface area contributed by atoms with Gasteiger partial charge in [0, 0.05) is 12.5 Å². The van der Waals surface area contributed by atoms with Crippen molar-refractivity contribution >= 4 is 23.1 Å². The largest absolute Gasteiger partial charge is 0.478 e. The van der Waals surface area contributed by atoms with Crippen LogP contribution in [0.1, 0.15) is 22.5 Å². The molecular weight excluding hydrogens is 333 g/mol. The summed E-state index contributed by atoms with van der Waals surface area (Å²) >= 11 is 0. The van der Waals surface area contributed by atoms with Crippen LogP contribution in [-0.2, 0) is 17.4 Å². The third-order valence-electron chi connectivity index (χ3n) is 3.63. The Balaban J connectivity index is 1.79. The molecule has 0 atom stereocenters. The molecule has 0 aliphatic rings. The molecule has 0 spiro atoms. The molecule has 128 valence electrons. The highest BCUT2D eigenvalue weighted by atomic mass is 19.4. The number of aromatic nitrogens is 2. The smallest absolute Gasteiger partial charge is 0.416 e. The van der Waals surface area contributed by atoms with Gasteiger partial charge < -0.3 is 10.1 Å². The minimum absolute atomic E-state index is 0.339. The van der Waals surface area contributed by atoms with Crippen LogP contribution in [0.4, 0.5) is 13.2 Å². The number of carboxylic acids is 1. The van der Waals surface area contributed by atoms with Crippen LogP contribution in [-0.4, -0.2) is 21.0 Å². The molecule has 4 nitrogen and oxygen atoms in total. The van der Waals surface area contributed by atoms with Crippen molar-refractivity contribution in [3.8, 4) is 0 Å². The number of hydrogen-bond donors (Lipinski definition) is 2. The summed E-state index contributed by atoms with van der Waals surface area (Å²) in [7, 11) is 0. The Kier molecular flexibility index (Phi) is 4.31. The van der Waals surface area contributed by atoms with E-state index in [4.69, 9.17) is 5.11 Å². The monoisotopic (exact) mass is 346 g/mol. The molecule has 3 aromatic rings. The van der Waals surface area contributed by atoms with E-state index in [1.165, 1.54) is 12.1 Å².